The summed E-state index contributed by atoms with van der Waals surface area (Å²) in [7, 11) is 0. The van der Waals surface area contributed by atoms with E-state index >= 15 is 0 Å². The number of anilines is 2. The lowest BCUT2D eigenvalue weighted by molar-refractivity contribution is 0.284. The third-order valence-electron chi connectivity index (χ3n) is 7.46. The van der Waals surface area contributed by atoms with Crippen LogP contribution < -0.4 is 5.32 Å². The molecule has 1 fully saturated rings. The maximum Gasteiger partial charge on any atom is 0.123 e. The summed E-state index contributed by atoms with van der Waals surface area (Å²) in [6, 6.07) is 22.4. The second-order valence-corrected chi connectivity index (χ2v) is 9.36. The zero-order chi connectivity index (χ0) is 20.3. The van der Waals surface area contributed by atoms with E-state index in [0.717, 1.165) is 17.3 Å². The Balaban J connectivity index is 1.49. The molecule has 6 rings (SSSR count). The van der Waals surface area contributed by atoms with Crippen LogP contribution in [0.5, 0.6) is 0 Å². The zero-order valence-electron chi connectivity index (χ0n) is 17.3. The maximum absolute atomic E-state index is 13.3. The third kappa shape index (κ3) is 2.59. The normalized spacial score (nSPS) is 26.1. The highest BCUT2D eigenvalue weighted by Crippen LogP contribution is 2.60. The van der Waals surface area contributed by atoms with Gasteiger partial charge in [-0.15, -0.1) is 0 Å². The molecule has 1 spiro atoms. The molecule has 3 unspecified atom stereocenters. The topological polar surface area (TPSA) is 12.0 Å². The molecule has 0 amide bonds. The van der Waals surface area contributed by atoms with Gasteiger partial charge in [0.05, 0.1) is 0 Å². The van der Waals surface area contributed by atoms with Gasteiger partial charge in [-0.05, 0) is 96.2 Å². The van der Waals surface area contributed by atoms with Crippen LogP contribution in [0.2, 0.25) is 0 Å². The van der Waals surface area contributed by atoms with E-state index in [1.807, 2.05) is 0 Å². The van der Waals surface area contributed by atoms with Crippen LogP contribution in [0.4, 0.5) is 15.8 Å². The number of benzene rings is 3. The molecule has 0 aliphatic heterocycles. The smallest absolute Gasteiger partial charge is 0.123 e. The molecule has 2 heteroatoms. The SMILES string of the molecule is CC1C=C2CC(CCC23c2ccccc2-c2cc(Nc4ccc(F)cc4)ccc23)C1. The van der Waals surface area contributed by atoms with Crippen molar-refractivity contribution >= 4 is 11.4 Å². The Hall–Kier alpha value is -2.87. The fraction of sp³-hybridized carbons (Fsp3) is 0.286. The summed E-state index contributed by atoms with van der Waals surface area (Å²) in [6.45, 7) is 2.38. The Labute approximate surface area is 177 Å². The fourth-order valence-electron chi connectivity index (χ4n) is 6.28. The van der Waals surface area contributed by atoms with Gasteiger partial charge < -0.3 is 5.32 Å². The summed E-state index contributed by atoms with van der Waals surface area (Å²) in [4.78, 5) is 0. The summed E-state index contributed by atoms with van der Waals surface area (Å²) in [5, 5.41) is 3.45. The van der Waals surface area contributed by atoms with E-state index in [1.165, 1.54) is 60.1 Å². The van der Waals surface area contributed by atoms with E-state index in [9.17, 15) is 4.39 Å². The van der Waals surface area contributed by atoms with Crippen molar-refractivity contribution in [3.05, 3.63) is 95.3 Å². The van der Waals surface area contributed by atoms with E-state index in [2.05, 4.69) is 60.8 Å². The van der Waals surface area contributed by atoms with Crippen LogP contribution >= 0.6 is 0 Å². The third-order valence-corrected chi connectivity index (χ3v) is 7.46. The maximum atomic E-state index is 13.3. The minimum Gasteiger partial charge on any atom is -0.356 e. The predicted molar refractivity (Wildman–Crippen MR) is 122 cm³/mol. The van der Waals surface area contributed by atoms with Gasteiger partial charge in [-0.2, -0.15) is 0 Å². The molecule has 0 saturated heterocycles. The molecule has 1 saturated carbocycles. The van der Waals surface area contributed by atoms with Gasteiger partial charge >= 0.3 is 0 Å². The Bertz CT molecular complexity index is 1160. The van der Waals surface area contributed by atoms with Gasteiger partial charge in [0.1, 0.15) is 5.82 Å². The van der Waals surface area contributed by atoms with Crippen LogP contribution in [0.25, 0.3) is 11.1 Å². The lowest BCUT2D eigenvalue weighted by atomic mass is 9.58. The van der Waals surface area contributed by atoms with Crippen LogP contribution in [-0.4, -0.2) is 0 Å². The quantitative estimate of drug-likeness (QED) is 0.440. The van der Waals surface area contributed by atoms with Gasteiger partial charge in [0.15, 0.2) is 0 Å². The van der Waals surface area contributed by atoms with Crippen LogP contribution in [0.15, 0.2) is 78.4 Å². The largest absolute Gasteiger partial charge is 0.356 e. The first kappa shape index (κ1) is 17.9. The van der Waals surface area contributed by atoms with Crippen LogP contribution in [0, 0.1) is 17.7 Å². The van der Waals surface area contributed by atoms with Crippen molar-refractivity contribution in [2.45, 2.75) is 38.0 Å². The first-order chi connectivity index (χ1) is 14.6. The molecule has 3 aliphatic carbocycles. The van der Waals surface area contributed by atoms with Crippen molar-refractivity contribution in [2.75, 3.05) is 5.32 Å². The zero-order valence-corrected chi connectivity index (χ0v) is 17.3. The van der Waals surface area contributed by atoms with Crippen molar-refractivity contribution in [3.8, 4) is 11.1 Å². The van der Waals surface area contributed by atoms with E-state index in [-0.39, 0.29) is 11.2 Å². The second kappa shape index (κ2) is 6.57. The number of rotatable bonds is 2. The molecule has 3 aliphatic rings. The van der Waals surface area contributed by atoms with Crippen molar-refractivity contribution < 1.29 is 4.39 Å². The Kier molecular flexibility index (Phi) is 3.93. The van der Waals surface area contributed by atoms with E-state index in [4.69, 9.17) is 0 Å². The number of nitrogens with one attached hydrogen (secondary N) is 1. The minimum absolute atomic E-state index is 0.0471. The molecule has 1 N–H and O–H groups in total. The Morgan fingerprint density at radius 1 is 0.900 bits per heavy atom. The van der Waals surface area contributed by atoms with Gasteiger partial charge in [-0.3, -0.25) is 0 Å². The molecule has 1 nitrogen and oxygen atoms in total. The van der Waals surface area contributed by atoms with Gasteiger partial charge in [0.2, 0.25) is 0 Å². The first-order valence-electron chi connectivity index (χ1n) is 11.1. The van der Waals surface area contributed by atoms with Crippen molar-refractivity contribution in [3.63, 3.8) is 0 Å². The molecular formula is C28H26FN. The van der Waals surface area contributed by atoms with E-state index in [0.29, 0.717) is 5.92 Å². The number of fused-ring (bicyclic) bond motifs is 8. The molecular weight excluding hydrogens is 369 g/mol. The standard InChI is InChI=1S/C28H26FN/c1-18-14-19-12-13-28(20(15-18)16-19)26-5-3-2-4-24(26)25-17-23(10-11-27(25)28)30-22-8-6-21(29)7-9-22/h2-11,15,17-19,30H,12-14,16H2,1H3. The molecule has 3 aromatic carbocycles. The summed E-state index contributed by atoms with van der Waals surface area (Å²) >= 11 is 0. The van der Waals surface area contributed by atoms with Crippen molar-refractivity contribution in [1.82, 2.24) is 0 Å². The number of halogens is 1. The molecule has 30 heavy (non-hydrogen) atoms. The van der Waals surface area contributed by atoms with E-state index < -0.39 is 0 Å². The molecule has 0 aromatic heterocycles. The molecule has 0 radical (unpaired) electrons. The Morgan fingerprint density at radius 3 is 2.53 bits per heavy atom. The summed E-state index contributed by atoms with van der Waals surface area (Å²) in [5.41, 5.74) is 9.30. The Morgan fingerprint density at radius 2 is 1.67 bits per heavy atom. The summed E-state index contributed by atoms with van der Waals surface area (Å²) < 4.78 is 13.3. The molecule has 3 aromatic rings. The second-order valence-electron chi connectivity index (χ2n) is 9.36. The fourth-order valence-corrected chi connectivity index (χ4v) is 6.28. The van der Waals surface area contributed by atoms with Crippen LogP contribution in [-0.2, 0) is 5.41 Å². The first-order valence-corrected chi connectivity index (χ1v) is 11.1. The number of allylic oxidation sites excluding steroid dienone is 2. The highest BCUT2D eigenvalue weighted by molar-refractivity contribution is 5.86. The monoisotopic (exact) mass is 395 g/mol. The molecule has 0 heterocycles. The summed E-state index contributed by atoms with van der Waals surface area (Å²) in [6.07, 6.45) is 7.69. The predicted octanol–water partition coefficient (Wildman–Crippen LogP) is 7.60. The van der Waals surface area contributed by atoms with Crippen molar-refractivity contribution in [1.29, 1.82) is 0 Å². The van der Waals surface area contributed by atoms with Crippen molar-refractivity contribution in [2.24, 2.45) is 11.8 Å². The van der Waals surface area contributed by atoms with E-state index in [1.54, 1.807) is 17.7 Å². The minimum atomic E-state index is -0.212. The molecule has 2 bridgehead atoms. The average Bonchev–Trinajstić information content (AvgIpc) is 3.03. The molecule has 3 atom stereocenters. The van der Waals surface area contributed by atoms with Gasteiger partial charge in [0.25, 0.3) is 0 Å². The highest BCUT2D eigenvalue weighted by Gasteiger charge is 2.49. The molecule has 150 valence electrons. The summed E-state index contributed by atoms with van der Waals surface area (Å²) in [5.74, 6) is 1.31. The lowest BCUT2D eigenvalue weighted by Crippen LogP contribution is -2.36. The van der Waals surface area contributed by atoms with Gasteiger partial charge in [0, 0.05) is 16.8 Å². The van der Waals surface area contributed by atoms with Gasteiger partial charge in [-0.25, -0.2) is 4.39 Å². The lowest BCUT2D eigenvalue weighted by Gasteiger charge is -2.45. The van der Waals surface area contributed by atoms with Crippen LogP contribution in [0.1, 0.15) is 43.7 Å². The number of hydrogen-bond acceptors (Lipinski definition) is 1. The van der Waals surface area contributed by atoms with Crippen LogP contribution in [0.3, 0.4) is 0 Å². The number of hydrogen-bond donors (Lipinski definition) is 1. The van der Waals surface area contributed by atoms with Gasteiger partial charge in [-0.1, -0.05) is 48.9 Å². The average molecular weight is 396 g/mol. The highest BCUT2D eigenvalue weighted by atomic mass is 19.1.